The maximum Gasteiger partial charge on any atom is 0.0803 e. The number of rotatable bonds is 4. The highest BCUT2D eigenvalue weighted by Crippen LogP contribution is 2.12. The smallest absolute Gasteiger partial charge is 0.0803 e. The summed E-state index contributed by atoms with van der Waals surface area (Å²) < 4.78 is 0. The van der Waals surface area contributed by atoms with E-state index in [1.807, 2.05) is 0 Å². The van der Waals surface area contributed by atoms with Crippen LogP contribution in [0.15, 0.2) is 35.0 Å². The van der Waals surface area contributed by atoms with Crippen molar-refractivity contribution in [2.24, 2.45) is 0 Å². The van der Waals surface area contributed by atoms with E-state index in [0.29, 0.717) is 0 Å². The minimum atomic E-state index is -1.25. The largest absolute Gasteiger partial charge is 0.381 e. The lowest BCUT2D eigenvalue weighted by molar-refractivity contribution is 1.18. The Bertz CT molecular complexity index is 412. The molecule has 0 saturated carbocycles. The molecule has 0 saturated heterocycles. The molecule has 1 aromatic rings. The van der Waals surface area contributed by atoms with Crippen molar-refractivity contribution < 1.29 is 0 Å². The summed E-state index contributed by atoms with van der Waals surface area (Å²) in [4.78, 5) is 0. The predicted octanol–water partition coefficient (Wildman–Crippen LogP) is 2.30. The fourth-order valence-electron chi connectivity index (χ4n) is 1.70. The van der Waals surface area contributed by atoms with E-state index >= 15 is 0 Å². The molecule has 17 heavy (non-hydrogen) atoms. The van der Waals surface area contributed by atoms with Crippen molar-refractivity contribution >= 4 is 29.2 Å². The summed E-state index contributed by atoms with van der Waals surface area (Å²) in [6.45, 7) is 12.6. The Kier molecular flexibility index (Phi) is 4.77. The maximum atomic E-state index is 3.60. The van der Waals surface area contributed by atoms with Crippen LogP contribution in [0.1, 0.15) is 13.8 Å². The topological polar surface area (TPSA) is 12.0 Å². The van der Waals surface area contributed by atoms with Crippen molar-refractivity contribution in [3.63, 3.8) is 0 Å². The molecule has 0 spiro atoms. The van der Waals surface area contributed by atoms with Crippen molar-refractivity contribution in [1.82, 2.24) is 0 Å². The van der Waals surface area contributed by atoms with Crippen LogP contribution in [0.25, 0.3) is 0 Å². The van der Waals surface area contributed by atoms with Crippen LogP contribution in [-0.2, 0) is 0 Å². The van der Waals surface area contributed by atoms with Gasteiger partial charge in [-0.25, -0.2) is 0 Å². The first-order valence-corrected chi connectivity index (χ1v) is 10.8. The van der Waals surface area contributed by atoms with Crippen LogP contribution in [-0.4, -0.2) is 24.9 Å². The van der Waals surface area contributed by atoms with Gasteiger partial charge in [0.25, 0.3) is 0 Å². The standard InChI is InChI=1S/C14H25NSi2/c1-11(12(2)16)10-15-13-8-6-7-9-14(13)17(3,4)5/h6-9,15H,10H2,1-5,16H3. The van der Waals surface area contributed by atoms with E-state index in [2.05, 4.69) is 63.1 Å². The third-order valence-corrected chi connectivity index (χ3v) is 6.04. The lowest BCUT2D eigenvalue weighted by Gasteiger charge is -2.22. The van der Waals surface area contributed by atoms with E-state index in [0.717, 1.165) is 6.54 Å². The van der Waals surface area contributed by atoms with Gasteiger partial charge in [-0.05, 0) is 25.1 Å². The maximum absolute atomic E-state index is 3.60. The zero-order valence-corrected chi connectivity index (χ0v) is 15.0. The van der Waals surface area contributed by atoms with Gasteiger partial charge in [0.05, 0.1) is 8.07 Å². The highest BCUT2D eigenvalue weighted by molar-refractivity contribution is 6.89. The van der Waals surface area contributed by atoms with Crippen molar-refractivity contribution in [3.05, 3.63) is 35.0 Å². The lowest BCUT2D eigenvalue weighted by Crippen LogP contribution is -2.39. The number of hydrogen-bond donors (Lipinski definition) is 1. The summed E-state index contributed by atoms with van der Waals surface area (Å²) in [5, 5.41) is 6.67. The average molecular weight is 264 g/mol. The lowest BCUT2D eigenvalue weighted by atomic mass is 10.2. The Morgan fingerprint density at radius 2 is 1.76 bits per heavy atom. The molecule has 3 heteroatoms. The summed E-state index contributed by atoms with van der Waals surface area (Å²) >= 11 is 0. The van der Waals surface area contributed by atoms with Crippen LogP contribution >= 0.6 is 0 Å². The van der Waals surface area contributed by atoms with Gasteiger partial charge < -0.3 is 5.32 Å². The molecule has 0 aliphatic rings. The van der Waals surface area contributed by atoms with E-state index in [4.69, 9.17) is 0 Å². The number of benzene rings is 1. The van der Waals surface area contributed by atoms with E-state index in [9.17, 15) is 0 Å². The minimum Gasteiger partial charge on any atom is -0.381 e. The molecule has 0 aromatic heterocycles. The fraction of sp³-hybridized carbons (Fsp3) is 0.429. The molecule has 0 fully saturated rings. The summed E-state index contributed by atoms with van der Waals surface area (Å²) in [5.74, 6) is 0. The molecule has 0 radical (unpaired) electrons. The SMILES string of the molecule is CC([SiH3])=C(C)CNc1ccccc1[Si](C)(C)C. The van der Waals surface area contributed by atoms with Crippen molar-refractivity contribution in [3.8, 4) is 0 Å². The normalized spacial score (nSPS) is 13.5. The monoisotopic (exact) mass is 263 g/mol. The first kappa shape index (κ1) is 14.3. The van der Waals surface area contributed by atoms with E-state index in [1.54, 1.807) is 5.20 Å². The Hall–Kier alpha value is -0.806. The van der Waals surface area contributed by atoms with Crippen molar-refractivity contribution in [2.45, 2.75) is 33.5 Å². The number of anilines is 1. The molecule has 0 amide bonds. The van der Waals surface area contributed by atoms with Gasteiger partial charge in [0.15, 0.2) is 0 Å². The van der Waals surface area contributed by atoms with Crippen molar-refractivity contribution in [2.75, 3.05) is 11.9 Å². The number of hydrogen-bond acceptors (Lipinski definition) is 1. The molecule has 0 unspecified atom stereocenters. The fourth-order valence-corrected chi connectivity index (χ4v) is 3.45. The first-order valence-electron chi connectivity index (χ1n) is 6.28. The molecule has 0 heterocycles. The Morgan fingerprint density at radius 3 is 2.29 bits per heavy atom. The van der Waals surface area contributed by atoms with Crippen LogP contribution < -0.4 is 10.5 Å². The first-order chi connectivity index (χ1) is 7.82. The van der Waals surface area contributed by atoms with Gasteiger partial charge in [-0.1, -0.05) is 48.6 Å². The van der Waals surface area contributed by atoms with Gasteiger partial charge in [-0.15, -0.1) is 0 Å². The van der Waals surface area contributed by atoms with Gasteiger partial charge in [-0.2, -0.15) is 0 Å². The van der Waals surface area contributed by atoms with E-state index < -0.39 is 8.07 Å². The van der Waals surface area contributed by atoms with E-state index in [1.165, 1.54) is 26.7 Å². The Morgan fingerprint density at radius 1 is 1.18 bits per heavy atom. The minimum absolute atomic E-state index is 0.983. The Balaban J connectivity index is 2.89. The second kappa shape index (κ2) is 5.69. The molecule has 94 valence electrons. The van der Waals surface area contributed by atoms with Crippen LogP contribution in [0, 0.1) is 0 Å². The van der Waals surface area contributed by atoms with Gasteiger partial charge in [-0.3, -0.25) is 0 Å². The highest BCUT2D eigenvalue weighted by Gasteiger charge is 2.19. The quantitative estimate of drug-likeness (QED) is 0.822. The van der Waals surface area contributed by atoms with Crippen LogP contribution in [0.2, 0.25) is 19.6 Å². The molecule has 0 aliphatic carbocycles. The second-order valence-corrected chi connectivity index (χ2v) is 12.5. The van der Waals surface area contributed by atoms with Gasteiger partial charge in [0, 0.05) is 22.5 Å². The summed E-state index contributed by atoms with van der Waals surface area (Å²) in [6, 6.07) is 8.77. The molecule has 0 aliphatic heterocycles. The van der Waals surface area contributed by atoms with Crippen LogP contribution in [0.3, 0.4) is 0 Å². The molecule has 0 bridgehead atoms. The molecule has 0 atom stereocenters. The molecule has 1 aromatic carbocycles. The van der Waals surface area contributed by atoms with Crippen LogP contribution in [0.4, 0.5) is 5.69 Å². The number of para-hydroxylation sites is 1. The molecular formula is C14H25NSi2. The van der Waals surface area contributed by atoms with Crippen molar-refractivity contribution in [1.29, 1.82) is 0 Å². The summed E-state index contributed by atoms with van der Waals surface area (Å²) in [7, 11) is -0.0800. The second-order valence-electron chi connectivity index (χ2n) is 5.93. The highest BCUT2D eigenvalue weighted by atomic mass is 28.3. The Labute approximate surface area is 110 Å². The molecule has 1 nitrogen and oxygen atoms in total. The number of nitrogens with one attached hydrogen (secondary N) is 1. The molecule has 1 N–H and O–H groups in total. The third-order valence-electron chi connectivity index (χ3n) is 3.13. The zero-order chi connectivity index (χ0) is 13.1. The third kappa shape index (κ3) is 4.17. The van der Waals surface area contributed by atoms with Gasteiger partial charge in [0.1, 0.15) is 0 Å². The van der Waals surface area contributed by atoms with Gasteiger partial charge in [0.2, 0.25) is 0 Å². The average Bonchev–Trinajstić information content (AvgIpc) is 2.24. The summed E-state index contributed by atoms with van der Waals surface area (Å²) in [5.41, 5.74) is 2.82. The summed E-state index contributed by atoms with van der Waals surface area (Å²) in [6.07, 6.45) is 0. The molecule has 1 rings (SSSR count). The van der Waals surface area contributed by atoms with Crippen LogP contribution in [0.5, 0.6) is 0 Å². The van der Waals surface area contributed by atoms with E-state index in [-0.39, 0.29) is 0 Å². The molecular weight excluding hydrogens is 238 g/mol. The predicted molar refractivity (Wildman–Crippen MR) is 86.2 cm³/mol. The zero-order valence-electron chi connectivity index (χ0n) is 12.0. The van der Waals surface area contributed by atoms with Gasteiger partial charge >= 0.3 is 0 Å². The number of allylic oxidation sites excluding steroid dienone is 1.